The highest BCUT2D eigenvalue weighted by Gasteiger charge is 2.38. The number of hydrogen-bond donors (Lipinski definition) is 2. The molecule has 3 N–H and O–H groups in total. The van der Waals surface area contributed by atoms with E-state index in [4.69, 9.17) is 5.73 Å². The van der Waals surface area contributed by atoms with Crippen LogP contribution in [0.3, 0.4) is 0 Å². The van der Waals surface area contributed by atoms with E-state index in [-0.39, 0.29) is 0 Å². The summed E-state index contributed by atoms with van der Waals surface area (Å²) in [6, 6.07) is 1.68. The van der Waals surface area contributed by atoms with Gasteiger partial charge in [0, 0.05) is 31.7 Å². The zero-order valence-electron chi connectivity index (χ0n) is 10.3. The molecule has 0 amide bonds. The first-order valence-electron chi connectivity index (χ1n) is 6.99. The molecule has 1 heterocycles. The Balaban J connectivity index is 1.42. The number of nitrogens with two attached hydrogens (primary N) is 1. The Hall–Kier alpha value is -0.120. The van der Waals surface area contributed by atoms with Crippen LogP contribution < -0.4 is 11.1 Å². The molecule has 3 nitrogen and oxygen atoms in total. The van der Waals surface area contributed by atoms with Crippen molar-refractivity contribution in [2.45, 2.75) is 50.6 Å². The van der Waals surface area contributed by atoms with E-state index >= 15 is 0 Å². The Bertz CT molecular complexity index is 240. The Labute approximate surface area is 98.8 Å². The maximum absolute atomic E-state index is 5.89. The van der Waals surface area contributed by atoms with Crippen LogP contribution >= 0.6 is 0 Å². The minimum atomic E-state index is 0.465. The second-order valence-corrected chi connectivity index (χ2v) is 6.15. The third kappa shape index (κ3) is 2.13. The van der Waals surface area contributed by atoms with E-state index < -0.39 is 0 Å². The lowest BCUT2D eigenvalue weighted by Gasteiger charge is -2.41. The molecule has 3 rings (SSSR count). The number of nitrogens with zero attached hydrogens (tertiary/aromatic N) is 1. The summed E-state index contributed by atoms with van der Waals surface area (Å²) < 4.78 is 0. The van der Waals surface area contributed by atoms with E-state index in [0.717, 1.165) is 25.2 Å². The lowest BCUT2D eigenvalue weighted by atomic mass is 9.68. The van der Waals surface area contributed by atoms with Gasteiger partial charge in [0.15, 0.2) is 0 Å². The minimum Gasteiger partial charge on any atom is -0.330 e. The Morgan fingerprint density at radius 3 is 2.62 bits per heavy atom. The van der Waals surface area contributed by atoms with Gasteiger partial charge in [-0.3, -0.25) is 4.90 Å². The molecule has 1 unspecified atom stereocenters. The summed E-state index contributed by atoms with van der Waals surface area (Å²) >= 11 is 0. The number of rotatable bonds is 5. The first kappa shape index (κ1) is 11.0. The summed E-state index contributed by atoms with van der Waals surface area (Å²) in [5, 5.41) is 3.77. The fourth-order valence-electron chi connectivity index (χ4n) is 3.22. The van der Waals surface area contributed by atoms with Gasteiger partial charge in [0.1, 0.15) is 0 Å². The highest BCUT2D eigenvalue weighted by atomic mass is 15.2. The monoisotopic (exact) mass is 223 g/mol. The van der Waals surface area contributed by atoms with Gasteiger partial charge in [0.25, 0.3) is 0 Å². The fraction of sp³-hybridized carbons (Fsp3) is 1.00. The minimum absolute atomic E-state index is 0.465. The van der Waals surface area contributed by atoms with Crippen molar-refractivity contribution in [3.63, 3.8) is 0 Å². The van der Waals surface area contributed by atoms with E-state index in [2.05, 4.69) is 10.2 Å². The fourth-order valence-corrected chi connectivity index (χ4v) is 3.22. The van der Waals surface area contributed by atoms with Gasteiger partial charge in [-0.25, -0.2) is 0 Å². The molecule has 0 aromatic heterocycles. The molecule has 1 saturated heterocycles. The van der Waals surface area contributed by atoms with Gasteiger partial charge >= 0.3 is 0 Å². The molecule has 3 fully saturated rings. The van der Waals surface area contributed by atoms with Crippen LogP contribution in [0.5, 0.6) is 0 Å². The summed E-state index contributed by atoms with van der Waals surface area (Å²) in [6.07, 6.45) is 8.30. The largest absolute Gasteiger partial charge is 0.330 e. The van der Waals surface area contributed by atoms with Crippen LogP contribution in [0.4, 0.5) is 0 Å². The molecule has 0 aromatic carbocycles. The zero-order valence-corrected chi connectivity index (χ0v) is 10.3. The van der Waals surface area contributed by atoms with Gasteiger partial charge in [-0.15, -0.1) is 0 Å². The van der Waals surface area contributed by atoms with Crippen molar-refractivity contribution >= 4 is 0 Å². The van der Waals surface area contributed by atoms with Gasteiger partial charge in [0.2, 0.25) is 0 Å². The lowest BCUT2D eigenvalue weighted by molar-refractivity contribution is 0.135. The SMILES string of the molecule is NCC1(CNC2CCN(C3CC3)C2)CCC1. The van der Waals surface area contributed by atoms with Gasteiger partial charge < -0.3 is 11.1 Å². The van der Waals surface area contributed by atoms with Crippen molar-refractivity contribution in [2.75, 3.05) is 26.2 Å². The van der Waals surface area contributed by atoms with E-state index in [9.17, 15) is 0 Å². The molecular formula is C13H25N3. The smallest absolute Gasteiger partial charge is 0.0207 e. The predicted molar refractivity (Wildman–Crippen MR) is 66.3 cm³/mol. The maximum Gasteiger partial charge on any atom is 0.0207 e. The molecular weight excluding hydrogens is 198 g/mol. The molecule has 92 valence electrons. The van der Waals surface area contributed by atoms with Crippen molar-refractivity contribution in [3.8, 4) is 0 Å². The van der Waals surface area contributed by atoms with Crippen molar-refractivity contribution in [1.82, 2.24) is 10.2 Å². The molecule has 0 aromatic rings. The lowest BCUT2D eigenvalue weighted by Crippen LogP contribution is -2.48. The zero-order chi connectivity index (χ0) is 11.0. The summed E-state index contributed by atoms with van der Waals surface area (Å²) in [7, 11) is 0. The standard InChI is InChI=1S/C13H25N3/c14-9-13(5-1-6-13)10-15-11-4-7-16(8-11)12-2-3-12/h11-12,15H,1-10,14H2. The molecule has 1 atom stereocenters. The molecule has 3 heteroatoms. The Morgan fingerprint density at radius 2 is 2.06 bits per heavy atom. The summed E-state index contributed by atoms with van der Waals surface area (Å²) in [6.45, 7) is 4.63. The van der Waals surface area contributed by atoms with Crippen LogP contribution in [0.15, 0.2) is 0 Å². The molecule has 0 spiro atoms. The summed E-state index contributed by atoms with van der Waals surface area (Å²) in [5.41, 5.74) is 6.35. The highest BCUT2D eigenvalue weighted by molar-refractivity contribution is 4.95. The molecule has 0 bridgehead atoms. The summed E-state index contributed by atoms with van der Waals surface area (Å²) in [5.74, 6) is 0. The van der Waals surface area contributed by atoms with E-state index in [0.29, 0.717) is 5.41 Å². The second-order valence-electron chi connectivity index (χ2n) is 6.15. The third-order valence-electron chi connectivity index (χ3n) is 4.90. The van der Waals surface area contributed by atoms with Gasteiger partial charge in [-0.1, -0.05) is 6.42 Å². The molecule has 3 aliphatic rings. The van der Waals surface area contributed by atoms with Crippen molar-refractivity contribution in [1.29, 1.82) is 0 Å². The Kier molecular flexibility index (Phi) is 2.94. The van der Waals surface area contributed by atoms with Gasteiger partial charge in [0.05, 0.1) is 0 Å². The molecule has 2 aliphatic carbocycles. The Morgan fingerprint density at radius 1 is 1.25 bits per heavy atom. The number of likely N-dealkylation sites (tertiary alicyclic amines) is 1. The maximum atomic E-state index is 5.89. The first-order chi connectivity index (χ1) is 7.81. The van der Waals surface area contributed by atoms with E-state index in [1.54, 1.807) is 0 Å². The van der Waals surface area contributed by atoms with Gasteiger partial charge in [-0.2, -0.15) is 0 Å². The molecule has 0 radical (unpaired) electrons. The molecule has 16 heavy (non-hydrogen) atoms. The average Bonchev–Trinajstić information content (AvgIpc) is 2.98. The predicted octanol–water partition coefficient (Wildman–Crippen LogP) is 0.942. The molecule has 1 aliphatic heterocycles. The van der Waals surface area contributed by atoms with Crippen LogP contribution in [0.25, 0.3) is 0 Å². The van der Waals surface area contributed by atoms with Crippen LogP contribution in [0, 0.1) is 5.41 Å². The molecule has 2 saturated carbocycles. The number of hydrogen-bond acceptors (Lipinski definition) is 3. The van der Waals surface area contributed by atoms with Crippen LogP contribution in [0.2, 0.25) is 0 Å². The van der Waals surface area contributed by atoms with Crippen molar-refractivity contribution in [3.05, 3.63) is 0 Å². The average molecular weight is 223 g/mol. The summed E-state index contributed by atoms with van der Waals surface area (Å²) in [4.78, 5) is 2.67. The van der Waals surface area contributed by atoms with E-state index in [1.807, 2.05) is 0 Å². The van der Waals surface area contributed by atoms with Crippen molar-refractivity contribution < 1.29 is 0 Å². The van der Waals surface area contributed by atoms with Crippen LogP contribution in [-0.4, -0.2) is 43.2 Å². The second kappa shape index (κ2) is 4.28. The quantitative estimate of drug-likeness (QED) is 0.729. The number of nitrogens with one attached hydrogen (secondary N) is 1. The normalized spacial score (nSPS) is 33.9. The highest BCUT2D eigenvalue weighted by Crippen LogP contribution is 2.39. The van der Waals surface area contributed by atoms with Crippen LogP contribution in [0.1, 0.15) is 38.5 Å². The van der Waals surface area contributed by atoms with Crippen molar-refractivity contribution in [2.24, 2.45) is 11.1 Å². The van der Waals surface area contributed by atoms with Gasteiger partial charge in [-0.05, 0) is 44.1 Å². The van der Waals surface area contributed by atoms with E-state index in [1.165, 1.54) is 51.6 Å². The topological polar surface area (TPSA) is 41.3 Å². The third-order valence-corrected chi connectivity index (χ3v) is 4.90. The van der Waals surface area contributed by atoms with Crippen LogP contribution in [-0.2, 0) is 0 Å². The first-order valence-corrected chi connectivity index (χ1v) is 6.99.